The van der Waals surface area contributed by atoms with Crippen molar-refractivity contribution in [3.63, 3.8) is 0 Å². The Morgan fingerprint density at radius 2 is 1.82 bits per heavy atom. The quantitative estimate of drug-likeness (QED) is 0.529. The Morgan fingerprint density at radius 1 is 1.23 bits per heavy atom. The molecular formula is C16H24N2O4. The number of nitro benzene ring substituents is 1. The Morgan fingerprint density at radius 3 is 2.32 bits per heavy atom. The molecule has 22 heavy (non-hydrogen) atoms. The highest BCUT2D eigenvalue weighted by Crippen LogP contribution is 2.29. The van der Waals surface area contributed by atoms with Gasteiger partial charge in [0.25, 0.3) is 5.69 Å². The molecule has 0 aromatic heterocycles. The first kappa shape index (κ1) is 18.1. The molecule has 0 radical (unpaired) electrons. The SMILES string of the molecule is CCCN(CCC)CCC(C(=O)O)c1ccccc1[N+](=O)[O-]. The number of hydrogen-bond acceptors (Lipinski definition) is 4. The maximum atomic E-state index is 11.6. The molecule has 0 aliphatic carbocycles. The molecule has 122 valence electrons. The minimum Gasteiger partial charge on any atom is -0.481 e. The molecule has 1 aromatic carbocycles. The maximum Gasteiger partial charge on any atom is 0.311 e. The molecule has 0 saturated heterocycles. The van der Waals surface area contributed by atoms with Crippen LogP contribution in [0.2, 0.25) is 0 Å². The highest BCUT2D eigenvalue weighted by atomic mass is 16.6. The number of carboxylic acid groups (broad SMARTS) is 1. The third-order valence-corrected chi connectivity index (χ3v) is 3.62. The summed E-state index contributed by atoms with van der Waals surface area (Å²) in [5.41, 5.74) is 0.167. The van der Waals surface area contributed by atoms with E-state index in [1.165, 1.54) is 6.07 Å². The van der Waals surface area contributed by atoms with Crippen molar-refractivity contribution in [3.05, 3.63) is 39.9 Å². The van der Waals surface area contributed by atoms with Crippen LogP contribution in [0.4, 0.5) is 5.69 Å². The Kier molecular flexibility index (Phi) is 7.52. The number of rotatable bonds is 10. The summed E-state index contributed by atoms with van der Waals surface area (Å²) in [5.74, 6) is -1.86. The van der Waals surface area contributed by atoms with Gasteiger partial charge in [0, 0.05) is 11.6 Å². The van der Waals surface area contributed by atoms with E-state index in [2.05, 4.69) is 18.7 Å². The molecule has 6 heteroatoms. The van der Waals surface area contributed by atoms with E-state index in [0.29, 0.717) is 13.0 Å². The number of carboxylic acids is 1. The summed E-state index contributed by atoms with van der Waals surface area (Å²) < 4.78 is 0. The summed E-state index contributed by atoms with van der Waals surface area (Å²) in [6.45, 7) is 6.62. The zero-order chi connectivity index (χ0) is 16.5. The van der Waals surface area contributed by atoms with Crippen molar-refractivity contribution in [1.29, 1.82) is 0 Å². The second kappa shape index (κ2) is 9.15. The minimum atomic E-state index is -1.01. The van der Waals surface area contributed by atoms with E-state index in [9.17, 15) is 20.0 Å². The molecule has 0 saturated carbocycles. The normalized spacial score (nSPS) is 12.3. The molecule has 1 rings (SSSR count). The highest BCUT2D eigenvalue weighted by molar-refractivity contribution is 5.77. The van der Waals surface area contributed by atoms with Crippen LogP contribution in [0.25, 0.3) is 0 Å². The lowest BCUT2D eigenvalue weighted by atomic mass is 9.94. The van der Waals surface area contributed by atoms with E-state index in [1.807, 2.05) is 0 Å². The molecule has 0 amide bonds. The van der Waals surface area contributed by atoms with Gasteiger partial charge in [-0.15, -0.1) is 0 Å². The van der Waals surface area contributed by atoms with Crippen LogP contribution in [0.3, 0.4) is 0 Å². The minimum absolute atomic E-state index is 0.118. The van der Waals surface area contributed by atoms with Crippen LogP contribution in [0, 0.1) is 10.1 Å². The van der Waals surface area contributed by atoms with Crippen molar-refractivity contribution < 1.29 is 14.8 Å². The smallest absolute Gasteiger partial charge is 0.311 e. The second-order valence-electron chi connectivity index (χ2n) is 5.34. The summed E-state index contributed by atoms with van der Waals surface area (Å²) in [6, 6.07) is 6.11. The maximum absolute atomic E-state index is 11.6. The third kappa shape index (κ3) is 5.11. The summed E-state index contributed by atoms with van der Waals surface area (Å²) in [5, 5.41) is 20.6. The van der Waals surface area contributed by atoms with Crippen molar-refractivity contribution in [2.75, 3.05) is 19.6 Å². The Bertz CT molecular complexity index is 499. The van der Waals surface area contributed by atoms with Gasteiger partial charge in [-0.3, -0.25) is 14.9 Å². The van der Waals surface area contributed by atoms with Crippen LogP contribution in [-0.2, 0) is 4.79 Å². The number of nitro groups is 1. The van der Waals surface area contributed by atoms with E-state index in [4.69, 9.17) is 0 Å². The first-order valence-electron chi connectivity index (χ1n) is 7.69. The van der Waals surface area contributed by atoms with Crippen molar-refractivity contribution in [2.45, 2.75) is 39.0 Å². The average Bonchev–Trinajstić information content (AvgIpc) is 2.47. The summed E-state index contributed by atoms with van der Waals surface area (Å²) in [4.78, 5) is 24.4. The van der Waals surface area contributed by atoms with Gasteiger partial charge in [-0.2, -0.15) is 0 Å². The van der Waals surface area contributed by atoms with Crippen molar-refractivity contribution >= 4 is 11.7 Å². The van der Waals surface area contributed by atoms with E-state index in [-0.39, 0.29) is 11.3 Å². The zero-order valence-electron chi connectivity index (χ0n) is 13.2. The Hall–Kier alpha value is -1.95. The fourth-order valence-electron chi connectivity index (χ4n) is 2.64. The van der Waals surface area contributed by atoms with Crippen molar-refractivity contribution in [1.82, 2.24) is 4.90 Å². The van der Waals surface area contributed by atoms with Crippen LogP contribution < -0.4 is 0 Å². The van der Waals surface area contributed by atoms with E-state index < -0.39 is 16.8 Å². The van der Waals surface area contributed by atoms with E-state index in [0.717, 1.165) is 25.9 Å². The molecular weight excluding hydrogens is 284 g/mol. The van der Waals surface area contributed by atoms with E-state index >= 15 is 0 Å². The second-order valence-corrected chi connectivity index (χ2v) is 5.34. The lowest BCUT2D eigenvalue weighted by molar-refractivity contribution is -0.385. The van der Waals surface area contributed by atoms with Gasteiger partial charge in [0.1, 0.15) is 0 Å². The van der Waals surface area contributed by atoms with Gasteiger partial charge in [-0.25, -0.2) is 0 Å². The van der Waals surface area contributed by atoms with Gasteiger partial charge < -0.3 is 10.0 Å². The van der Waals surface area contributed by atoms with Crippen LogP contribution in [0.15, 0.2) is 24.3 Å². The van der Waals surface area contributed by atoms with Gasteiger partial charge in [-0.1, -0.05) is 32.0 Å². The molecule has 0 aliphatic heterocycles. The van der Waals surface area contributed by atoms with Crippen LogP contribution in [-0.4, -0.2) is 40.5 Å². The molecule has 1 aromatic rings. The van der Waals surface area contributed by atoms with Gasteiger partial charge in [-0.05, 0) is 38.9 Å². The van der Waals surface area contributed by atoms with Gasteiger partial charge in [0.15, 0.2) is 0 Å². The Labute approximate surface area is 130 Å². The summed E-state index contributed by atoms with van der Waals surface area (Å²) >= 11 is 0. The molecule has 0 heterocycles. The number of benzene rings is 1. The molecule has 6 nitrogen and oxygen atoms in total. The zero-order valence-corrected chi connectivity index (χ0v) is 13.2. The van der Waals surface area contributed by atoms with Crippen LogP contribution in [0.1, 0.15) is 44.6 Å². The number of carbonyl (C=O) groups is 1. The van der Waals surface area contributed by atoms with Gasteiger partial charge in [0.05, 0.1) is 10.8 Å². The third-order valence-electron chi connectivity index (χ3n) is 3.62. The monoisotopic (exact) mass is 308 g/mol. The number of para-hydroxylation sites is 1. The molecule has 0 aliphatic rings. The first-order valence-corrected chi connectivity index (χ1v) is 7.69. The van der Waals surface area contributed by atoms with Crippen LogP contribution >= 0.6 is 0 Å². The van der Waals surface area contributed by atoms with E-state index in [1.54, 1.807) is 18.2 Å². The molecule has 1 unspecified atom stereocenters. The topological polar surface area (TPSA) is 83.7 Å². The summed E-state index contributed by atoms with van der Waals surface area (Å²) in [7, 11) is 0. The average molecular weight is 308 g/mol. The fraction of sp³-hybridized carbons (Fsp3) is 0.562. The van der Waals surface area contributed by atoms with Crippen molar-refractivity contribution in [2.24, 2.45) is 0 Å². The lowest BCUT2D eigenvalue weighted by Crippen LogP contribution is -2.29. The van der Waals surface area contributed by atoms with Gasteiger partial charge >= 0.3 is 5.97 Å². The Balaban J connectivity index is 2.91. The molecule has 0 spiro atoms. The number of aliphatic carboxylic acids is 1. The van der Waals surface area contributed by atoms with Crippen LogP contribution in [0.5, 0.6) is 0 Å². The lowest BCUT2D eigenvalue weighted by Gasteiger charge is -2.23. The first-order chi connectivity index (χ1) is 10.5. The van der Waals surface area contributed by atoms with Gasteiger partial charge in [0.2, 0.25) is 0 Å². The standard InChI is InChI=1S/C16H24N2O4/c1-3-10-17(11-4-2)12-9-14(16(19)20)13-7-5-6-8-15(13)18(21)22/h5-8,14H,3-4,9-12H2,1-2H3,(H,19,20). The predicted octanol–water partition coefficient (Wildman–Crippen LogP) is 3.28. The number of hydrogen-bond donors (Lipinski definition) is 1. The predicted molar refractivity (Wildman–Crippen MR) is 85.1 cm³/mol. The highest BCUT2D eigenvalue weighted by Gasteiger charge is 2.27. The molecule has 1 atom stereocenters. The molecule has 0 bridgehead atoms. The fourth-order valence-corrected chi connectivity index (χ4v) is 2.64. The molecule has 1 N–H and O–H groups in total. The largest absolute Gasteiger partial charge is 0.481 e. The number of nitrogens with zero attached hydrogens (tertiary/aromatic N) is 2. The molecule has 0 fully saturated rings. The summed E-state index contributed by atoms with van der Waals surface area (Å²) in [6.07, 6.45) is 2.38. The van der Waals surface area contributed by atoms with Crippen molar-refractivity contribution in [3.8, 4) is 0 Å².